The summed E-state index contributed by atoms with van der Waals surface area (Å²) in [6.07, 6.45) is 3.72. The molecule has 0 fully saturated rings. The second kappa shape index (κ2) is 12.2. The number of amidine groups is 1. The van der Waals surface area contributed by atoms with Crippen molar-refractivity contribution < 1.29 is 58.4 Å². The van der Waals surface area contributed by atoms with Crippen LogP contribution in [-0.2, 0) is 20.2 Å². The summed E-state index contributed by atoms with van der Waals surface area (Å²) in [5.74, 6) is 0.00722. The van der Waals surface area contributed by atoms with E-state index in [0.29, 0.717) is 30.2 Å². The molecule has 12 heteroatoms. The van der Waals surface area contributed by atoms with Crippen molar-refractivity contribution >= 4 is 49.6 Å². The van der Waals surface area contributed by atoms with E-state index in [0.717, 1.165) is 24.7 Å². The number of carbonyl (C=O) groups is 1. The summed E-state index contributed by atoms with van der Waals surface area (Å²) in [4.78, 5) is 14.5. The fraction of sp³-hybridized carbons (Fsp3) is 0.429. The van der Waals surface area contributed by atoms with Crippen molar-refractivity contribution in [2.75, 3.05) is 16.3 Å². The number of fused-ring (bicyclic) bond motifs is 2. The van der Waals surface area contributed by atoms with Crippen molar-refractivity contribution in [2.45, 2.75) is 63.7 Å². The fourth-order valence-electron chi connectivity index (χ4n) is 5.19. The Bertz CT molecular complexity index is 1460. The molecule has 4 rings (SSSR count). The van der Waals surface area contributed by atoms with E-state index in [1.54, 1.807) is 12.1 Å². The molecule has 5 N–H and O–H groups in total. The van der Waals surface area contributed by atoms with Crippen molar-refractivity contribution in [3.05, 3.63) is 59.2 Å². The molecule has 0 aromatic heterocycles. The zero-order valence-electron chi connectivity index (χ0n) is 24.9. The third kappa shape index (κ3) is 6.61. The van der Waals surface area contributed by atoms with E-state index in [1.807, 2.05) is 12.1 Å². The molecule has 2 aromatic rings. The first-order valence-corrected chi connectivity index (χ1v) is 16.4. The van der Waals surface area contributed by atoms with Crippen LogP contribution in [-0.4, -0.2) is 40.5 Å². The molecule has 0 saturated carbocycles. The van der Waals surface area contributed by atoms with Crippen LogP contribution in [0.2, 0.25) is 0 Å². The van der Waals surface area contributed by atoms with Gasteiger partial charge in [0.2, 0.25) is 10.0 Å². The number of carbonyl (C=O) groups excluding carboxylic acids is 1. The number of sulfonamides is 1. The van der Waals surface area contributed by atoms with Gasteiger partial charge < -0.3 is 11.8 Å². The van der Waals surface area contributed by atoms with E-state index in [1.165, 1.54) is 18.2 Å². The van der Waals surface area contributed by atoms with Gasteiger partial charge in [-0.3, -0.25) is 18.6 Å². The monoisotopic (exact) mass is 599 g/mol. The van der Waals surface area contributed by atoms with Crippen LogP contribution < -0.4 is 39.6 Å². The predicted octanol–water partition coefficient (Wildman–Crippen LogP) is 3.69. The number of aliphatic hydroxyl groups excluding tert-OH is 1. The molecule has 0 radical (unpaired) electrons. The Hall–Kier alpha value is -1.86. The minimum atomic E-state index is -3.84. The van der Waals surface area contributed by atoms with E-state index in [9.17, 15) is 27.4 Å². The average Bonchev–Trinajstić information content (AvgIpc) is 2.83. The SMILES string of the molecule is CC(C)CCC1(CCC(C)C)C(=O)C(C2=NS(O)(O)c3cc(NS(C)(=O)=O)ccc3N2)=C(O)c2ccccc21.[H-].[Na+]. The standard InChI is InChI=1S/C28H37N3O6S2.Na.H/c1-17(2)12-14-28(15-13-18(3)4)21-9-7-6-8-20(21)25(32)24(26(28)33)27-29-22-11-10-19(30-38(5,34)35)16-23(22)39(36,37)31-27;;/h6-11,16-18,30,32,36-37H,12-15H2,1-5H3,(H,29,31);;/q;+1;-1. The summed E-state index contributed by atoms with van der Waals surface area (Å²) in [7, 11) is -7.43. The second-order valence-electron chi connectivity index (χ2n) is 11.2. The van der Waals surface area contributed by atoms with Crippen molar-refractivity contribution in [2.24, 2.45) is 16.2 Å². The largest absolute Gasteiger partial charge is 1.00 e. The summed E-state index contributed by atoms with van der Waals surface area (Å²) < 4.78 is 51.8. The quantitative estimate of drug-likeness (QED) is 0.276. The van der Waals surface area contributed by atoms with E-state index in [2.05, 4.69) is 42.1 Å². The molecule has 2 aliphatic rings. The zero-order valence-corrected chi connectivity index (χ0v) is 27.5. The van der Waals surface area contributed by atoms with Crippen LogP contribution in [0.5, 0.6) is 0 Å². The molecule has 2 aromatic carbocycles. The molecule has 214 valence electrons. The second-order valence-corrected chi connectivity index (χ2v) is 14.6. The van der Waals surface area contributed by atoms with E-state index in [-0.39, 0.29) is 70.2 Å². The van der Waals surface area contributed by atoms with Crippen LogP contribution in [0.3, 0.4) is 0 Å². The maximum absolute atomic E-state index is 14.5. The Kier molecular flexibility index (Phi) is 9.93. The molecule has 0 atom stereocenters. The summed E-state index contributed by atoms with van der Waals surface area (Å²) in [5, 5.41) is 14.4. The molecule has 1 heterocycles. The van der Waals surface area contributed by atoms with Crippen LogP contribution in [0.25, 0.3) is 5.76 Å². The van der Waals surface area contributed by atoms with Gasteiger partial charge in [0.25, 0.3) is 0 Å². The maximum atomic E-state index is 14.5. The fourth-order valence-corrected chi connectivity index (χ4v) is 6.93. The molecule has 0 spiro atoms. The number of anilines is 2. The van der Waals surface area contributed by atoms with E-state index in [4.69, 9.17) is 0 Å². The molecule has 40 heavy (non-hydrogen) atoms. The summed E-state index contributed by atoms with van der Waals surface area (Å²) in [6.45, 7) is 8.43. The average molecular weight is 600 g/mol. The molecule has 0 bridgehead atoms. The maximum Gasteiger partial charge on any atom is 1.00 e. The van der Waals surface area contributed by atoms with Gasteiger partial charge in [0.1, 0.15) is 16.2 Å². The smallest absolute Gasteiger partial charge is 1.00 e. The summed E-state index contributed by atoms with van der Waals surface area (Å²) in [6, 6.07) is 11.6. The number of benzene rings is 2. The Morgan fingerprint density at radius 2 is 1.65 bits per heavy atom. The van der Waals surface area contributed by atoms with Crippen molar-refractivity contribution in [3.63, 3.8) is 0 Å². The van der Waals surface area contributed by atoms with Gasteiger partial charge in [-0.2, -0.15) is 0 Å². The summed E-state index contributed by atoms with van der Waals surface area (Å²) in [5.41, 5.74) is 0.703. The Morgan fingerprint density at radius 1 is 1.05 bits per heavy atom. The molecule has 0 saturated heterocycles. The Labute approximate surface area is 261 Å². The number of ketones is 1. The van der Waals surface area contributed by atoms with Gasteiger partial charge in [-0.25, -0.2) is 8.42 Å². The third-order valence-electron chi connectivity index (χ3n) is 7.18. The number of aliphatic hydroxyl groups is 1. The Morgan fingerprint density at radius 3 is 2.23 bits per heavy atom. The van der Waals surface area contributed by atoms with Gasteiger partial charge in [-0.15, -0.1) is 4.40 Å². The van der Waals surface area contributed by atoms with E-state index < -0.39 is 26.2 Å². The zero-order chi connectivity index (χ0) is 28.8. The molecule has 0 unspecified atom stereocenters. The van der Waals surface area contributed by atoms with Crippen LogP contribution in [0.1, 0.15) is 65.9 Å². The topological polar surface area (TPSA) is 148 Å². The van der Waals surface area contributed by atoms with E-state index >= 15 is 0 Å². The number of hydrogen-bond acceptors (Lipinski definition) is 8. The van der Waals surface area contributed by atoms with Crippen molar-refractivity contribution in [1.82, 2.24) is 0 Å². The minimum Gasteiger partial charge on any atom is -1.00 e. The molecule has 0 amide bonds. The number of nitrogens with one attached hydrogen (secondary N) is 2. The predicted molar refractivity (Wildman–Crippen MR) is 159 cm³/mol. The van der Waals surface area contributed by atoms with Gasteiger partial charge in [0.15, 0.2) is 11.6 Å². The van der Waals surface area contributed by atoms with Crippen LogP contribution >= 0.6 is 10.8 Å². The first-order chi connectivity index (χ1) is 18.1. The summed E-state index contributed by atoms with van der Waals surface area (Å²) >= 11 is 0. The molecular formula is C28H38N3NaO6S2. The van der Waals surface area contributed by atoms with Crippen LogP contribution in [0, 0.1) is 11.8 Å². The number of hydrogen-bond donors (Lipinski definition) is 5. The van der Waals surface area contributed by atoms with Crippen molar-refractivity contribution in [1.29, 1.82) is 0 Å². The van der Waals surface area contributed by atoms with Gasteiger partial charge in [-0.05, 0) is 61.3 Å². The number of nitrogens with zero attached hydrogens (tertiary/aromatic N) is 1. The molecular weight excluding hydrogens is 561 g/mol. The van der Waals surface area contributed by atoms with Gasteiger partial charge >= 0.3 is 29.6 Å². The minimum absolute atomic E-state index is 0. The van der Waals surface area contributed by atoms with Gasteiger partial charge in [0, 0.05) is 5.56 Å². The van der Waals surface area contributed by atoms with Gasteiger partial charge in [0.05, 0.1) is 23.0 Å². The first-order valence-electron chi connectivity index (χ1n) is 13.0. The first kappa shape index (κ1) is 32.7. The van der Waals surface area contributed by atoms with Gasteiger partial charge in [-0.1, -0.05) is 62.7 Å². The third-order valence-corrected chi connectivity index (χ3v) is 9.15. The van der Waals surface area contributed by atoms with Crippen molar-refractivity contribution in [3.8, 4) is 0 Å². The number of rotatable bonds is 9. The van der Waals surface area contributed by atoms with Crippen LogP contribution in [0.15, 0.2) is 57.3 Å². The molecule has 1 aliphatic heterocycles. The molecule has 9 nitrogen and oxygen atoms in total. The number of Topliss-reactive ketones (excluding diaryl/α,β-unsaturated/α-hetero) is 1. The molecule has 1 aliphatic carbocycles. The normalized spacial score (nSPS) is 18.3. The van der Waals surface area contributed by atoms with Crippen LogP contribution in [0.4, 0.5) is 11.4 Å². The Balaban J connectivity index is 0.00000294.